The Morgan fingerprint density at radius 1 is 1.06 bits per heavy atom. The molecule has 0 atom stereocenters. The van der Waals surface area contributed by atoms with Gasteiger partial charge in [-0.3, -0.25) is 4.79 Å². The Kier molecular flexibility index (Phi) is 7.18. The number of hydrogen-bond donors (Lipinski definition) is 1. The number of halogens is 3. The number of anilines is 1. The maximum absolute atomic E-state index is 12.0. The summed E-state index contributed by atoms with van der Waals surface area (Å²) in [6, 6.07) is 11.4. The van der Waals surface area contributed by atoms with Crippen molar-refractivity contribution in [2.45, 2.75) is 6.92 Å². The van der Waals surface area contributed by atoms with Crippen LogP contribution in [0.1, 0.15) is 11.3 Å². The minimum absolute atomic E-state index is 0.193. The van der Waals surface area contributed by atoms with E-state index in [2.05, 4.69) is 10.3 Å². The van der Waals surface area contributed by atoms with Crippen molar-refractivity contribution in [1.29, 1.82) is 5.26 Å². The van der Waals surface area contributed by atoms with Crippen LogP contribution in [-0.2, 0) is 14.3 Å². The van der Waals surface area contributed by atoms with E-state index < -0.39 is 25.1 Å². The second kappa shape index (κ2) is 9.84. The Bertz CT molecular complexity index is 1220. The van der Waals surface area contributed by atoms with E-state index in [1.54, 1.807) is 19.1 Å². The van der Waals surface area contributed by atoms with Gasteiger partial charge in [0.25, 0.3) is 5.91 Å². The molecule has 3 aromatic rings. The van der Waals surface area contributed by atoms with Gasteiger partial charge >= 0.3 is 5.97 Å². The number of esters is 1. The van der Waals surface area contributed by atoms with Crippen LogP contribution in [-0.4, -0.2) is 30.1 Å². The number of ether oxygens (including phenoxy) is 2. The second-order valence-electron chi connectivity index (χ2n) is 6.32. The van der Waals surface area contributed by atoms with Crippen molar-refractivity contribution < 1.29 is 19.1 Å². The normalized spacial score (nSPS) is 10.4. The second-order valence-corrected chi connectivity index (χ2v) is 7.54. The summed E-state index contributed by atoms with van der Waals surface area (Å²) in [4.78, 5) is 28.4. The lowest BCUT2D eigenvalue weighted by molar-refractivity contribution is -0.149. The highest BCUT2D eigenvalue weighted by molar-refractivity contribution is 6.39. The number of aromatic nitrogens is 1. The first-order valence-electron chi connectivity index (χ1n) is 8.81. The van der Waals surface area contributed by atoms with E-state index in [0.717, 1.165) is 5.69 Å². The van der Waals surface area contributed by atoms with E-state index in [9.17, 15) is 9.59 Å². The molecule has 1 aromatic heterocycles. The Labute approximate surface area is 192 Å². The number of carbonyl (C=O) groups is 2. The number of fused-ring (bicyclic) bond motifs is 1. The van der Waals surface area contributed by atoms with Crippen LogP contribution in [0.3, 0.4) is 0 Å². The number of hydrogen-bond acceptors (Lipinski definition) is 6. The summed E-state index contributed by atoms with van der Waals surface area (Å²) in [6.45, 7) is 0.778. The van der Waals surface area contributed by atoms with Crippen LogP contribution in [0.15, 0.2) is 36.4 Å². The molecule has 0 saturated heterocycles. The van der Waals surface area contributed by atoms with Crippen molar-refractivity contribution in [3.63, 3.8) is 0 Å². The van der Waals surface area contributed by atoms with Gasteiger partial charge in [-0.2, -0.15) is 5.26 Å². The number of rotatable bonds is 6. The monoisotopic (exact) mass is 477 g/mol. The quantitative estimate of drug-likeness (QED) is 0.504. The number of amides is 1. The number of nitriles is 1. The number of nitrogens with zero attached hydrogens (tertiary/aromatic N) is 2. The van der Waals surface area contributed by atoms with Gasteiger partial charge in [0.05, 0.1) is 20.6 Å². The summed E-state index contributed by atoms with van der Waals surface area (Å²) in [7, 11) is 0. The number of pyridine rings is 1. The lowest BCUT2D eigenvalue weighted by atomic mass is 10.2. The summed E-state index contributed by atoms with van der Waals surface area (Å²) >= 11 is 18.3. The van der Waals surface area contributed by atoms with Gasteiger partial charge in [-0.15, -0.1) is 0 Å². The van der Waals surface area contributed by atoms with Crippen molar-refractivity contribution in [1.82, 2.24) is 4.98 Å². The number of benzene rings is 2. The third kappa shape index (κ3) is 5.56. The summed E-state index contributed by atoms with van der Waals surface area (Å²) in [6.07, 6.45) is 0. The molecule has 1 heterocycles. The van der Waals surface area contributed by atoms with Gasteiger partial charge in [-0.1, -0.05) is 34.8 Å². The standard InChI is InChI=1S/C21H14Cl3N3O4/c1-11-2-5-14-16(23)7-17(24)21(20(14)26-11)31-10-19(29)30-9-18(28)27-13-4-3-12(8-25)15(22)6-13/h2-7H,9-10H2,1H3,(H,27,28). The van der Waals surface area contributed by atoms with E-state index in [1.807, 2.05) is 6.07 Å². The minimum atomic E-state index is -0.778. The summed E-state index contributed by atoms with van der Waals surface area (Å²) < 4.78 is 10.4. The van der Waals surface area contributed by atoms with Crippen LogP contribution >= 0.6 is 34.8 Å². The van der Waals surface area contributed by atoms with Crippen LogP contribution in [0.4, 0.5) is 5.69 Å². The smallest absolute Gasteiger partial charge is 0.344 e. The van der Waals surface area contributed by atoms with E-state index in [4.69, 9.17) is 49.5 Å². The third-order valence-electron chi connectivity index (χ3n) is 4.05. The highest BCUT2D eigenvalue weighted by Crippen LogP contribution is 2.37. The van der Waals surface area contributed by atoms with Crippen LogP contribution < -0.4 is 10.1 Å². The maximum Gasteiger partial charge on any atom is 0.344 e. The molecule has 0 aliphatic heterocycles. The highest BCUT2D eigenvalue weighted by Gasteiger charge is 2.16. The summed E-state index contributed by atoms with van der Waals surface area (Å²) in [5.41, 5.74) is 1.78. The van der Waals surface area contributed by atoms with E-state index in [0.29, 0.717) is 21.6 Å². The van der Waals surface area contributed by atoms with Gasteiger partial charge in [0.1, 0.15) is 11.6 Å². The Hall–Kier alpha value is -3.05. The molecule has 0 saturated carbocycles. The van der Waals surface area contributed by atoms with Crippen LogP contribution in [0.5, 0.6) is 5.75 Å². The van der Waals surface area contributed by atoms with Gasteiger partial charge in [-0.05, 0) is 43.3 Å². The molecule has 0 unspecified atom stereocenters. The molecule has 0 bridgehead atoms. The molecule has 7 nitrogen and oxygen atoms in total. The van der Waals surface area contributed by atoms with E-state index in [1.165, 1.54) is 24.3 Å². The number of aryl methyl sites for hydroxylation is 1. The molecule has 1 amide bonds. The minimum Gasteiger partial charge on any atom is -0.478 e. The van der Waals surface area contributed by atoms with Crippen molar-refractivity contribution in [2.24, 2.45) is 0 Å². The average Bonchev–Trinajstić information content (AvgIpc) is 2.72. The first-order valence-corrected chi connectivity index (χ1v) is 9.95. The van der Waals surface area contributed by atoms with Gasteiger partial charge in [0, 0.05) is 16.8 Å². The molecule has 0 aliphatic carbocycles. The lowest BCUT2D eigenvalue weighted by Gasteiger charge is -2.12. The molecule has 0 aliphatic rings. The maximum atomic E-state index is 12.0. The Morgan fingerprint density at radius 2 is 1.84 bits per heavy atom. The largest absolute Gasteiger partial charge is 0.478 e. The Morgan fingerprint density at radius 3 is 2.55 bits per heavy atom. The Balaban J connectivity index is 1.58. The highest BCUT2D eigenvalue weighted by atomic mass is 35.5. The molecule has 2 aromatic carbocycles. The molecule has 0 spiro atoms. The molecule has 0 radical (unpaired) electrons. The van der Waals surface area contributed by atoms with Gasteiger partial charge in [0.2, 0.25) is 0 Å². The summed E-state index contributed by atoms with van der Waals surface area (Å²) in [5, 5.41) is 12.8. The molecule has 3 rings (SSSR count). The van der Waals surface area contributed by atoms with Gasteiger partial charge in [0.15, 0.2) is 19.0 Å². The fourth-order valence-electron chi connectivity index (χ4n) is 2.63. The average molecular weight is 479 g/mol. The first-order chi connectivity index (χ1) is 14.8. The fourth-order valence-corrected chi connectivity index (χ4v) is 3.42. The third-order valence-corrected chi connectivity index (χ3v) is 4.96. The van der Waals surface area contributed by atoms with Crippen LogP contribution in [0, 0.1) is 18.3 Å². The zero-order chi connectivity index (χ0) is 22.5. The lowest BCUT2D eigenvalue weighted by Crippen LogP contribution is -2.23. The molecule has 158 valence electrons. The van der Waals surface area contributed by atoms with E-state index in [-0.39, 0.29) is 21.4 Å². The first kappa shape index (κ1) is 22.6. The van der Waals surface area contributed by atoms with Crippen molar-refractivity contribution in [2.75, 3.05) is 18.5 Å². The number of nitrogens with one attached hydrogen (secondary N) is 1. The molecule has 31 heavy (non-hydrogen) atoms. The number of carbonyl (C=O) groups excluding carboxylic acids is 2. The molecule has 10 heteroatoms. The molecule has 1 N–H and O–H groups in total. The zero-order valence-electron chi connectivity index (χ0n) is 16.0. The predicted octanol–water partition coefficient (Wildman–Crippen LogP) is 4.94. The van der Waals surface area contributed by atoms with Crippen LogP contribution in [0.25, 0.3) is 10.9 Å². The fraction of sp³-hybridized carbons (Fsp3) is 0.143. The molecule has 0 fully saturated rings. The van der Waals surface area contributed by atoms with Crippen molar-refractivity contribution in [3.8, 4) is 11.8 Å². The molecular formula is C21H14Cl3N3O4. The summed E-state index contributed by atoms with van der Waals surface area (Å²) in [5.74, 6) is -1.17. The predicted molar refractivity (Wildman–Crippen MR) is 118 cm³/mol. The topological polar surface area (TPSA) is 101 Å². The van der Waals surface area contributed by atoms with Gasteiger partial charge < -0.3 is 14.8 Å². The molecular weight excluding hydrogens is 465 g/mol. The zero-order valence-corrected chi connectivity index (χ0v) is 18.3. The van der Waals surface area contributed by atoms with E-state index >= 15 is 0 Å². The van der Waals surface area contributed by atoms with Crippen LogP contribution in [0.2, 0.25) is 15.1 Å². The van der Waals surface area contributed by atoms with Crippen molar-refractivity contribution in [3.05, 3.63) is 62.7 Å². The van der Waals surface area contributed by atoms with Crippen molar-refractivity contribution >= 4 is 63.3 Å². The SMILES string of the molecule is Cc1ccc2c(Cl)cc(Cl)c(OCC(=O)OCC(=O)Nc3ccc(C#N)c(Cl)c3)c2n1. The van der Waals surface area contributed by atoms with Gasteiger partial charge in [-0.25, -0.2) is 9.78 Å².